The molecule has 0 radical (unpaired) electrons. The van der Waals surface area contributed by atoms with Gasteiger partial charge in [0.1, 0.15) is 5.82 Å². The normalized spacial score (nSPS) is 19.9. The van der Waals surface area contributed by atoms with Crippen molar-refractivity contribution in [2.75, 3.05) is 30.3 Å². The van der Waals surface area contributed by atoms with Gasteiger partial charge in [-0.3, -0.25) is 4.79 Å². The number of amides is 1. The maximum absolute atomic E-state index is 11.5. The van der Waals surface area contributed by atoms with E-state index in [1.165, 1.54) is 6.20 Å². The van der Waals surface area contributed by atoms with E-state index in [1.807, 2.05) is 0 Å². The van der Waals surface area contributed by atoms with Gasteiger partial charge in [-0.05, 0) is 32.2 Å². The quantitative estimate of drug-likeness (QED) is 0.727. The number of carbonyl (C=O) groups is 1. The van der Waals surface area contributed by atoms with E-state index in [-0.39, 0.29) is 0 Å². The number of likely N-dealkylation sites (tertiary alicyclic amines) is 1. The highest BCUT2D eigenvalue weighted by Crippen LogP contribution is 2.26. The molecule has 4 N–H and O–H groups in total. The first-order valence-corrected chi connectivity index (χ1v) is 8.08. The number of carbonyl (C=O) groups excluding carboxylic acids is 1. The lowest BCUT2D eigenvalue weighted by molar-refractivity contribution is 0.100. The summed E-state index contributed by atoms with van der Waals surface area (Å²) < 4.78 is 0. The summed E-state index contributed by atoms with van der Waals surface area (Å²) in [5, 5.41) is 6.64. The lowest BCUT2D eigenvalue weighted by Gasteiger charge is -2.31. The van der Waals surface area contributed by atoms with Crippen LogP contribution in [0.2, 0.25) is 0 Å². The van der Waals surface area contributed by atoms with E-state index in [0.717, 1.165) is 45.3 Å². The average molecular weight is 304 g/mol. The molecule has 22 heavy (non-hydrogen) atoms. The number of nitrogens with zero attached hydrogens (tertiary/aromatic N) is 3. The summed E-state index contributed by atoms with van der Waals surface area (Å²) in [5.74, 6) is 0.632. The zero-order chi connectivity index (χ0) is 15.5. The van der Waals surface area contributed by atoms with Crippen LogP contribution in [-0.4, -0.2) is 52.5 Å². The van der Waals surface area contributed by atoms with Crippen molar-refractivity contribution in [3.63, 3.8) is 0 Å². The van der Waals surface area contributed by atoms with Crippen molar-refractivity contribution in [3.05, 3.63) is 11.8 Å². The molecular formula is C15H24N6O. The molecule has 7 nitrogen and oxygen atoms in total. The van der Waals surface area contributed by atoms with Crippen molar-refractivity contribution in [2.24, 2.45) is 5.73 Å². The molecule has 0 unspecified atom stereocenters. The van der Waals surface area contributed by atoms with Crippen LogP contribution in [0.25, 0.3) is 0 Å². The Bertz CT molecular complexity index is 537. The molecule has 3 rings (SSSR count). The van der Waals surface area contributed by atoms with Gasteiger partial charge in [-0.15, -0.1) is 0 Å². The summed E-state index contributed by atoms with van der Waals surface area (Å²) in [5.41, 5.74) is 5.75. The number of nitrogens with two attached hydrogens (primary N) is 1. The maximum Gasteiger partial charge on any atom is 0.254 e. The van der Waals surface area contributed by atoms with Gasteiger partial charge in [-0.1, -0.05) is 6.92 Å². The van der Waals surface area contributed by atoms with Crippen LogP contribution >= 0.6 is 0 Å². The minimum absolute atomic E-state index is 0.359. The second-order valence-corrected chi connectivity index (χ2v) is 6.09. The number of hydrogen-bond donors (Lipinski definition) is 3. The number of nitrogens with one attached hydrogen (secondary N) is 2. The highest BCUT2D eigenvalue weighted by atomic mass is 16.1. The predicted molar refractivity (Wildman–Crippen MR) is 86.0 cm³/mol. The van der Waals surface area contributed by atoms with Crippen molar-refractivity contribution in [2.45, 2.75) is 44.7 Å². The van der Waals surface area contributed by atoms with Crippen molar-refractivity contribution in [1.29, 1.82) is 0 Å². The molecule has 1 amide bonds. The van der Waals surface area contributed by atoms with Crippen LogP contribution in [0, 0.1) is 0 Å². The van der Waals surface area contributed by atoms with Crippen molar-refractivity contribution in [1.82, 2.24) is 14.9 Å². The molecule has 1 aliphatic heterocycles. The topological polar surface area (TPSA) is 96.2 Å². The molecule has 1 aromatic rings. The summed E-state index contributed by atoms with van der Waals surface area (Å²) in [6, 6.07) is 0.796. The Morgan fingerprint density at radius 1 is 1.27 bits per heavy atom. The van der Waals surface area contributed by atoms with E-state index in [1.54, 1.807) is 0 Å². The molecule has 1 saturated heterocycles. The number of primary amides is 1. The maximum atomic E-state index is 11.5. The largest absolute Gasteiger partial charge is 0.367 e. The Morgan fingerprint density at radius 3 is 2.55 bits per heavy atom. The molecule has 0 atom stereocenters. The van der Waals surface area contributed by atoms with Gasteiger partial charge in [0, 0.05) is 31.4 Å². The third-order valence-corrected chi connectivity index (χ3v) is 4.34. The van der Waals surface area contributed by atoms with Crippen LogP contribution < -0.4 is 16.4 Å². The Labute approximate surface area is 130 Å². The Kier molecular flexibility index (Phi) is 4.42. The molecule has 1 aliphatic carbocycles. The van der Waals surface area contributed by atoms with Gasteiger partial charge in [-0.25, -0.2) is 4.98 Å². The smallest absolute Gasteiger partial charge is 0.254 e. The second kappa shape index (κ2) is 6.48. The van der Waals surface area contributed by atoms with E-state index in [9.17, 15) is 4.79 Å². The van der Waals surface area contributed by atoms with Crippen LogP contribution in [0.3, 0.4) is 0 Å². The molecule has 2 aliphatic rings. The van der Waals surface area contributed by atoms with E-state index in [0.29, 0.717) is 29.4 Å². The molecule has 7 heteroatoms. The predicted octanol–water partition coefficient (Wildman–Crippen LogP) is 1.05. The Balaban J connectivity index is 1.67. The average Bonchev–Trinajstić information content (AvgIpc) is 3.32. The number of anilines is 2. The highest BCUT2D eigenvalue weighted by Gasteiger charge is 2.25. The fraction of sp³-hybridized carbons (Fsp3) is 0.667. The molecule has 1 saturated carbocycles. The standard InChI is InChI=1S/C15H24N6O/c1-2-21-7-5-11(6-8-21)19-15-17-9-12(13(16)22)14(20-15)18-10-3-4-10/h9-11H,2-8H2,1H3,(H2,16,22)(H2,17,18,19,20). The zero-order valence-corrected chi connectivity index (χ0v) is 13.0. The lowest BCUT2D eigenvalue weighted by atomic mass is 10.1. The zero-order valence-electron chi connectivity index (χ0n) is 13.0. The fourth-order valence-electron chi connectivity index (χ4n) is 2.74. The molecule has 2 fully saturated rings. The van der Waals surface area contributed by atoms with Gasteiger partial charge >= 0.3 is 0 Å². The van der Waals surface area contributed by atoms with Crippen LogP contribution in [0.5, 0.6) is 0 Å². The van der Waals surface area contributed by atoms with Gasteiger partial charge in [0.05, 0.1) is 5.56 Å². The number of aromatic nitrogens is 2. The number of hydrogen-bond acceptors (Lipinski definition) is 6. The van der Waals surface area contributed by atoms with Gasteiger partial charge in [0.2, 0.25) is 5.95 Å². The van der Waals surface area contributed by atoms with E-state index in [4.69, 9.17) is 5.73 Å². The summed E-state index contributed by atoms with van der Waals surface area (Å²) in [4.78, 5) is 22.6. The number of piperidine rings is 1. The SMILES string of the molecule is CCN1CCC(Nc2ncc(C(N)=O)c(NC3CC3)n2)CC1. The summed E-state index contributed by atoms with van der Waals surface area (Å²) >= 11 is 0. The van der Waals surface area contributed by atoms with Crippen LogP contribution in [0.15, 0.2) is 6.20 Å². The van der Waals surface area contributed by atoms with E-state index < -0.39 is 5.91 Å². The van der Waals surface area contributed by atoms with Gasteiger partial charge in [0.25, 0.3) is 5.91 Å². The van der Waals surface area contributed by atoms with Crippen molar-refractivity contribution in [3.8, 4) is 0 Å². The molecule has 0 spiro atoms. The summed E-state index contributed by atoms with van der Waals surface area (Å²) in [6.45, 7) is 5.49. The molecule has 1 aromatic heterocycles. The fourth-order valence-corrected chi connectivity index (χ4v) is 2.74. The Morgan fingerprint density at radius 2 is 1.95 bits per heavy atom. The van der Waals surface area contributed by atoms with Crippen molar-refractivity contribution < 1.29 is 4.79 Å². The van der Waals surface area contributed by atoms with Crippen molar-refractivity contribution >= 4 is 17.7 Å². The third kappa shape index (κ3) is 3.65. The van der Waals surface area contributed by atoms with Gasteiger partial charge in [-0.2, -0.15) is 4.98 Å². The molecular weight excluding hydrogens is 280 g/mol. The minimum Gasteiger partial charge on any atom is -0.367 e. The Hall–Kier alpha value is -1.89. The number of rotatable bonds is 6. The first-order chi connectivity index (χ1) is 10.7. The van der Waals surface area contributed by atoms with Crippen LogP contribution in [0.4, 0.5) is 11.8 Å². The third-order valence-electron chi connectivity index (χ3n) is 4.34. The minimum atomic E-state index is -0.494. The lowest BCUT2D eigenvalue weighted by Crippen LogP contribution is -2.39. The summed E-state index contributed by atoms with van der Waals surface area (Å²) in [6.07, 6.45) is 5.91. The van der Waals surface area contributed by atoms with E-state index in [2.05, 4.69) is 32.4 Å². The van der Waals surface area contributed by atoms with Gasteiger partial charge < -0.3 is 21.3 Å². The molecule has 0 aromatic carbocycles. The monoisotopic (exact) mass is 304 g/mol. The summed E-state index contributed by atoms with van der Waals surface area (Å²) in [7, 11) is 0. The van der Waals surface area contributed by atoms with Crippen LogP contribution in [0.1, 0.15) is 43.0 Å². The molecule has 2 heterocycles. The second-order valence-electron chi connectivity index (χ2n) is 6.09. The van der Waals surface area contributed by atoms with Crippen LogP contribution in [-0.2, 0) is 0 Å². The first kappa shape index (κ1) is 15.0. The highest BCUT2D eigenvalue weighted by molar-refractivity contribution is 5.97. The van der Waals surface area contributed by atoms with E-state index >= 15 is 0 Å². The molecule has 0 bridgehead atoms. The van der Waals surface area contributed by atoms with Gasteiger partial charge in [0.15, 0.2) is 0 Å². The molecule has 120 valence electrons. The first-order valence-electron chi connectivity index (χ1n) is 8.08.